The highest BCUT2D eigenvalue weighted by Gasteiger charge is 2.17. The molecule has 35 heavy (non-hydrogen) atoms. The lowest BCUT2D eigenvalue weighted by Crippen LogP contribution is -2.24. The minimum atomic E-state index is -0.289. The first-order valence-electron chi connectivity index (χ1n) is 11.2. The third kappa shape index (κ3) is 6.68. The zero-order chi connectivity index (χ0) is 24.5. The molecule has 0 aliphatic rings. The summed E-state index contributed by atoms with van der Waals surface area (Å²) >= 11 is 0. The van der Waals surface area contributed by atoms with Crippen LogP contribution in [-0.4, -0.2) is 35.0 Å². The van der Waals surface area contributed by atoms with Crippen LogP contribution in [0.1, 0.15) is 33.1 Å². The van der Waals surface area contributed by atoms with E-state index in [1.54, 1.807) is 26.6 Å². The van der Waals surface area contributed by atoms with E-state index in [0.717, 1.165) is 28.2 Å². The van der Waals surface area contributed by atoms with Gasteiger partial charge in [0.25, 0.3) is 5.91 Å². The largest absolute Gasteiger partial charge is 0.497 e. The number of pyridine rings is 1. The molecule has 0 fully saturated rings. The van der Waals surface area contributed by atoms with Crippen molar-refractivity contribution in [3.05, 3.63) is 108 Å². The molecule has 0 aliphatic heterocycles. The summed E-state index contributed by atoms with van der Waals surface area (Å²) in [7, 11) is 3.27. The number of hydrogen-bond donors (Lipinski definition) is 1. The van der Waals surface area contributed by atoms with Gasteiger partial charge in [0.2, 0.25) is 5.89 Å². The molecule has 4 rings (SSSR count). The molecule has 1 N–H and O–H groups in total. The van der Waals surface area contributed by atoms with Crippen LogP contribution in [0.25, 0.3) is 0 Å². The van der Waals surface area contributed by atoms with Gasteiger partial charge in [0.1, 0.15) is 17.8 Å². The minimum Gasteiger partial charge on any atom is -0.497 e. The summed E-state index contributed by atoms with van der Waals surface area (Å²) in [4.78, 5) is 23.2. The molecule has 0 saturated heterocycles. The van der Waals surface area contributed by atoms with E-state index >= 15 is 0 Å². The Labute approximate surface area is 204 Å². The van der Waals surface area contributed by atoms with Crippen molar-refractivity contribution in [3.63, 3.8) is 0 Å². The first-order chi connectivity index (χ1) is 17.1. The molecule has 0 saturated carbocycles. The molecule has 180 valence electrons. The average Bonchev–Trinajstić information content (AvgIpc) is 3.37. The van der Waals surface area contributed by atoms with E-state index in [1.807, 2.05) is 48.5 Å². The molecule has 0 unspecified atom stereocenters. The first-order valence-corrected chi connectivity index (χ1v) is 11.2. The van der Waals surface area contributed by atoms with Crippen molar-refractivity contribution >= 4 is 5.91 Å². The van der Waals surface area contributed by atoms with E-state index in [4.69, 9.17) is 13.9 Å². The fraction of sp³-hybridized carbons (Fsp3) is 0.222. The van der Waals surface area contributed by atoms with E-state index in [1.165, 1.54) is 6.26 Å². The molecule has 0 atom stereocenters. The van der Waals surface area contributed by atoms with Crippen LogP contribution in [0.15, 0.2) is 83.7 Å². The number of carbonyl (C=O) groups is 1. The van der Waals surface area contributed by atoms with Crippen LogP contribution in [0.5, 0.6) is 11.5 Å². The van der Waals surface area contributed by atoms with Gasteiger partial charge in [-0.1, -0.05) is 36.4 Å². The lowest BCUT2D eigenvalue weighted by atomic mass is 10.1. The van der Waals surface area contributed by atoms with Gasteiger partial charge in [0.05, 0.1) is 20.8 Å². The van der Waals surface area contributed by atoms with E-state index in [0.29, 0.717) is 32.1 Å². The van der Waals surface area contributed by atoms with Crippen LogP contribution in [0.2, 0.25) is 0 Å². The molecule has 2 aromatic carbocycles. The Bertz CT molecular complexity index is 1230. The summed E-state index contributed by atoms with van der Waals surface area (Å²) in [6.45, 7) is 2.07. The third-order valence-corrected chi connectivity index (χ3v) is 5.48. The maximum absolute atomic E-state index is 12.6. The van der Waals surface area contributed by atoms with Gasteiger partial charge in [0.15, 0.2) is 5.69 Å². The number of nitrogens with one attached hydrogen (secondary N) is 1. The van der Waals surface area contributed by atoms with Crippen molar-refractivity contribution in [2.75, 3.05) is 14.2 Å². The van der Waals surface area contributed by atoms with E-state index in [2.05, 4.69) is 32.3 Å². The molecule has 4 aromatic rings. The highest BCUT2D eigenvalue weighted by atomic mass is 16.5. The maximum atomic E-state index is 12.6. The number of amides is 1. The van der Waals surface area contributed by atoms with Gasteiger partial charge >= 0.3 is 0 Å². The molecule has 1 amide bonds. The number of carbonyl (C=O) groups excluding carboxylic acids is 1. The predicted molar refractivity (Wildman–Crippen MR) is 131 cm³/mol. The lowest BCUT2D eigenvalue weighted by Gasteiger charge is -2.22. The predicted octanol–water partition coefficient (Wildman–Crippen LogP) is 4.22. The highest BCUT2D eigenvalue weighted by Crippen LogP contribution is 2.27. The fourth-order valence-corrected chi connectivity index (χ4v) is 3.69. The van der Waals surface area contributed by atoms with Crippen LogP contribution in [-0.2, 0) is 26.2 Å². The maximum Gasteiger partial charge on any atom is 0.273 e. The molecule has 0 radical (unpaired) electrons. The zero-order valence-electron chi connectivity index (χ0n) is 19.8. The molecule has 8 nitrogen and oxygen atoms in total. The molecule has 0 spiro atoms. The first kappa shape index (κ1) is 24.0. The van der Waals surface area contributed by atoms with Crippen molar-refractivity contribution in [3.8, 4) is 11.5 Å². The van der Waals surface area contributed by atoms with Crippen molar-refractivity contribution in [2.45, 2.75) is 26.2 Å². The monoisotopic (exact) mass is 472 g/mol. The smallest absolute Gasteiger partial charge is 0.273 e. The number of oxazole rings is 1. The Morgan fingerprint density at radius 2 is 1.74 bits per heavy atom. The zero-order valence-corrected chi connectivity index (χ0v) is 19.8. The second-order valence-electron chi connectivity index (χ2n) is 7.97. The van der Waals surface area contributed by atoms with Gasteiger partial charge in [-0.05, 0) is 29.3 Å². The van der Waals surface area contributed by atoms with Gasteiger partial charge in [-0.2, -0.15) is 0 Å². The standard InChI is InChI=1S/C27H28N4O4/c1-33-23-9-8-22(25(14-23)34-2)17-31(16-21-6-4-3-5-7-21)18-26-30-24(19-35-26)27(32)29-15-20-10-12-28-13-11-20/h3-14,19H,15-18H2,1-2H3,(H,29,32). The lowest BCUT2D eigenvalue weighted by molar-refractivity contribution is 0.0945. The topological polar surface area (TPSA) is 89.7 Å². The number of hydrogen-bond acceptors (Lipinski definition) is 7. The van der Waals surface area contributed by atoms with Gasteiger partial charge in [0, 0.05) is 43.7 Å². The SMILES string of the molecule is COc1ccc(CN(Cc2ccccc2)Cc2nc(C(=O)NCc3ccncc3)co2)c(OC)c1. The summed E-state index contributed by atoms with van der Waals surface area (Å²) in [6, 6.07) is 19.6. The van der Waals surface area contributed by atoms with Crippen LogP contribution in [0, 0.1) is 0 Å². The minimum absolute atomic E-state index is 0.246. The third-order valence-electron chi connectivity index (χ3n) is 5.48. The molecule has 0 aliphatic carbocycles. The molecular weight excluding hydrogens is 444 g/mol. The van der Waals surface area contributed by atoms with Gasteiger partial charge in [-0.15, -0.1) is 0 Å². The van der Waals surface area contributed by atoms with Crippen LogP contribution in [0.4, 0.5) is 0 Å². The van der Waals surface area contributed by atoms with Gasteiger partial charge < -0.3 is 19.2 Å². The molecule has 2 aromatic heterocycles. The van der Waals surface area contributed by atoms with Crippen LogP contribution in [0.3, 0.4) is 0 Å². The van der Waals surface area contributed by atoms with Crippen molar-refractivity contribution in [1.29, 1.82) is 0 Å². The molecule has 0 bridgehead atoms. The Morgan fingerprint density at radius 3 is 2.49 bits per heavy atom. The number of rotatable bonds is 11. The highest BCUT2D eigenvalue weighted by molar-refractivity contribution is 5.91. The Morgan fingerprint density at radius 1 is 0.943 bits per heavy atom. The van der Waals surface area contributed by atoms with Crippen LogP contribution >= 0.6 is 0 Å². The quantitative estimate of drug-likeness (QED) is 0.350. The molecule has 8 heteroatoms. The van der Waals surface area contributed by atoms with E-state index < -0.39 is 0 Å². The fourth-order valence-electron chi connectivity index (χ4n) is 3.69. The van der Waals surface area contributed by atoms with Crippen molar-refractivity contribution < 1.29 is 18.7 Å². The average molecular weight is 473 g/mol. The Kier molecular flexibility index (Phi) is 8.08. The molecule has 2 heterocycles. The summed E-state index contributed by atoms with van der Waals surface area (Å²) in [5.74, 6) is 1.65. The Balaban J connectivity index is 1.47. The van der Waals surface area contributed by atoms with Gasteiger partial charge in [-0.3, -0.25) is 14.7 Å². The van der Waals surface area contributed by atoms with E-state index in [9.17, 15) is 4.79 Å². The molecular formula is C27H28N4O4. The summed E-state index contributed by atoms with van der Waals surface area (Å²) < 4.78 is 16.6. The summed E-state index contributed by atoms with van der Waals surface area (Å²) in [5.41, 5.74) is 3.36. The second kappa shape index (κ2) is 11.8. The van der Waals surface area contributed by atoms with Crippen LogP contribution < -0.4 is 14.8 Å². The number of ether oxygens (including phenoxy) is 2. The van der Waals surface area contributed by atoms with E-state index in [-0.39, 0.29) is 11.6 Å². The number of nitrogens with zero attached hydrogens (tertiary/aromatic N) is 3. The van der Waals surface area contributed by atoms with Crippen molar-refractivity contribution in [2.24, 2.45) is 0 Å². The summed E-state index contributed by atoms with van der Waals surface area (Å²) in [6.07, 6.45) is 4.77. The Hall–Kier alpha value is -4.17. The summed E-state index contributed by atoms with van der Waals surface area (Å²) in [5, 5.41) is 2.86. The number of aromatic nitrogens is 2. The van der Waals surface area contributed by atoms with Gasteiger partial charge in [-0.25, -0.2) is 4.98 Å². The second-order valence-corrected chi connectivity index (χ2v) is 7.97. The number of methoxy groups -OCH3 is 2. The number of benzene rings is 2. The normalized spacial score (nSPS) is 10.8. The van der Waals surface area contributed by atoms with Crippen molar-refractivity contribution in [1.82, 2.24) is 20.2 Å².